The van der Waals surface area contributed by atoms with Gasteiger partial charge < -0.3 is 16.2 Å². The standard InChI is InChI=1S/C19H22N4O2/c20-19(21)23-12-4-8-17(18(24)25)22-11-3-5-14-9-10-15-6-1-2-7-16(15)13-14/h1-3,5-7,9-11,13,17H,4,8,12H2,(H,24,25)(H4,20,21,23)/b5-3+,22-11+/t17-/m0/s1. The van der Waals surface area contributed by atoms with Crippen molar-refractivity contribution in [1.82, 2.24) is 5.32 Å². The van der Waals surface area contributed by atoms with E-state index in [4.69, 9.17) is 7.15 Å². The number of carboxylic acid groups (broad SMARTS) is 1. The SMILES string of the molecule is [H]/N=C(\N)NCCC[C@H](/N=C/C=C/c1ccc2ccccc2c1)C(=O)O. The van der Waals surface area contributed by atoms with E-state index in [1.807, 2.05) is 36.4 Å². The molecule has 0 amide bonds. The Morgan fingerprint density at radius 1 is 1.36 bits per heavy atom. The van der Waals surface area contributed by atoms with Gasteiger partial charge in [-0.05, 0) is 41.3 Å². The van der Waals surface area contributed by atoms with Crippen molar-refractivity contribution in [2.24, 2.45) is 10.7 Å². The lowest BCUT2D eigenvalue weighted by Gasteiger charge is -2.07. The van der Waals surface area contributed by atoms with Gasteiger partial charge in [-0.3, -0.25) is 10.4 Å². The van der Waals surface area contributed by atoms with Crippen molar-refractivity contribution in [3.8, 4) is 0 Å². The topological polar surface area (TPSA) is 112 Å². The van der Waals surface area contributed by atoms with Crippen molar-refractivity contribution in [2.45, 2.75) is 18.9 Å². The molecule has 0 aliphatic carbocycles. The van der Waals surface area contributed by atoms with Gasteiger partial charge in [0.1, 0.15) is 6.04 Å². The van der Waals surface area contributed by atoms with Crippen LogP contribution in [-0.4, -0.2) is 35.8 Å². The maximum atomic E-state index is 11.3. The van der Waals surface area contributed by atoms with E-state index >= 15 is 0 Å². The van der Waals surface area contributed by atoms with Crippen LogP contribution in [0.2, 0.25) is 1.41 Å². The minimum absolute atomic E-state index is 0.0127. The summed E-state index contributed by atoms with van der Waals surface area (Å²) in [4.78, 5) is 15.4. The number of nitrogens with two attached hydrogens (primary N) is 1. The van der Waals surface area contributed by atoms with Crippen LogP contribution in [0, 0.1) is 5.40 Å². The molecule has 0 aliphatic rings. The Labute approximate surface area is 148 Å². The lowest BCUT2D eigenvalue weighted by molar-refractivity contribution is -0.138. The lowest BCUT2D eigenvalue weighted by Crippen LogP contribution is -2.31. The largest absolute Gasteiger partial charge is 0.480 e. The lowest BCUT2D eigenvalue weighted by atomic mass is 10.1. The van der Waals surface area contributed by atoms with E-state index in [1.165, 1.54) is 11.6 Å². The number of carbonyl (C=O) groups is 1. The number of aliphatic carboxylic acids is 1. The zero-order valence-electron chi connectivity index (χ0n) is 14.8. The van der Waals surface area contributed by atoms with Gasteiger partial charge in [0, 0.05) is 12.8 Å². The number of nitrogens with one attached hydrogen (secondary N) is 2. The molecular weight excluding hydrogens is 316 g/mol. The molecule has 0 bridgehead atoms. The number of fused-ring (bicyclic) bond motifs is 1. The number of carboxylic acids is 1. The van der Waals surface area contributed by atoms with Crippen molar-refractivity contribution in [3.63, 3.8) is 0 Å². The van der Waals surface area contributed by atoms with Gasteiger partial charge >= 0.3 is 5.97 Å². The molecule has 130 valence electrons. The smallest absolute Gasteiger partial charge is 0.328 e. The number of aliphatic imine (C=N–C) groups is 1. The Bertz CT molecular complexity index is 833. The van der Waals surface area contributed by atoms with Crippen molar-refractivity contribution in [1.29, 1.82) is 5.40 Å². The highest BCUT2D eigenvalue weighted by atomic mass is 16.4. The summed E-state index contributed by atoms with van der Waals surface area (Å²) in [5.41, 5.74) is 6.36. The Kier molecular flexibility index (Phi) is 6.16. The zero-order chi connectivity index (χ0) is 18.8. The molecule has 0 saturated carbocycles. The Hall–Kier alpha value is -3.15. The highest BCUT2D eigenvalue weighted by Gasteiger charge is 2.14. The molecule has 0 spiro atoms. The van der Waals surface area contributed by atoms with E-state index in [1.54, 1.807) is 6.08 Å². The van der Waals surface area contributed by atoms with Crippen LogP contribution in [0.15, 0.2) is 53.5 Å². The van der Waals surface area contributed by atoms with Gasteiger partial charge in [0.2, 0.25) is 0 Å². The maximum absolute atomic E-state index is 11.3. The van der Waals surface area contributed by atoms with Crippen molar-refractivity contribution >= 4 is 35.0 Å². The summed E-state index contributed by atoms with van der Waals surface area (Å²) in [6.07, 6.45) is 6.07. The van der Waals surface area contributed by atoms with Crippen molar-refractivity contribution in [3.05, 3.63) is 54.1 Å². The first-order valence-corrected chi connectivity index (χ1v) is 8.03. The molecule has 6 heteroatoms. The number of allylic oxidation sites excluding steroid dienone is 1. The number of nitrogens with zero attached hydrogens (tertiary/aromatic N) is 1. The van der Waals surface area contributed by atoms with Crippen molar-refractivity contribution in [2.75, 3.05) is 6.54 Å². The fourth-order valence-electron chi connectivity index (χ4n) is 2.39. The van der Waals surface area contributed by atoms with Crippen LogP contribution in [0.4, 0.5) is 0 Å². The number of guanidine groups is 1. The van der Waals surface area contributed by atoms with Crippen molar-refractivity contribution < 1.29 is 11.3 Å². The number of hydrogen-bond donors (Lipinski definition) is 4. The Morgan fingerprint density at radius 3 is 2.92 bits per heavy atom. The highest BCUT2D eigenvalue weighted by Crippen LogP contribution is 2.16. The fraction of sp³-hybridized carbons (Fsp3) is 0.211. The van der Waals surface area contributed by atoms with Crippen LogP contribution in [0.25, 0.3) is 16.8 Å². The zero-order valence-corrected chi connectivity index (χ0v) is 13.8. The molecule has 0 saturated heterocycles. The first kappa shape index (κ1) is 16.7. The molecule has 0 aromatic heterocycles. The van der Waals surface area contributed by atoms with Gasteiger partial charge in [0.05, 0.1) is 0 Å². The first-order chi connectivity index (χ1) is 12.6. The average Bonchev–Trinajstić information content (AvgIpc) is 2.66. The molecule has 25 heavy (non-hydrogen) atoms. The van der Waals surface area contributed by atoms with E-state index in [0.717, 1.165) is 10.9 Å². The second-order valence-electron chi connectivity index (χ2n) is 5.57. The van der Waals surface area contributed by atoms with Gasteiger partial charge in [-0.2, -0.15) is 0 Å². The number of benzene rings is 2. The second kappa shape index (κ2) is 9.22. The van der Waals surface area contributed by atoms with Crippen LogP contribution in [0.1, 0.15) is 18.4 Å². The molecule has 6 nitrogen and oxygen atoms in total. The van der Waals surface area contributed by atoms with Crippen LogP contribution >= 0.6 is 0 Å². The Balaban J connectivity index is 1.89. The summed E-state index contributed by atoms with van der Waals surface area (Å²) in [6, 6.07) is 13.4. The van der Waals surface area contributed by atoms with E-state index in [-0.39, 0.29) is 5.96 Å². The van der Waals surface area contributed by atoms with Gasteiger partial charge in [-0.1, -0.05) is 42.5 Å². The third kappa shape index (κ3) is 6.10. The third-order valence-corrected chi connectivity index (χ3v) is 3.66. The normalized spacial score (nSPS) is 14.1. The first-order valence-electron chi connectivity index (χ1n) is 8.47. The molecular formula is C19H22N4O2. The molecule has 2 aromatic rings. The molecule has 0 radical (unpaired) electrons. The van der Waals surface area contributed by atoms with Gasteiger partial charge in [-0.15, -0.1) is 0 Å². The van der Waals surface area contributed by atoms with Crippen LogP contribution < -0.4 is 11.1 Å². The third-order valence-electron chi connectivity index (χ3n) is 3.66. The average molecular weight is 338 g/mol. The van der Waals surface area contributed by atoms with Crippen LogP contribution in [0.3, 0.4) is 0 Å². The number of rotatable bonds is 8. The molecule has 0 heterocycles. The summed E-state index contributed by atoms with van der Waals surface area (Å²) in [7, 11) is 0. The predicted octanol–water partition coefficient (Wildman–Crippen LogP) is 2.64. The summed E-state index contributed by atoms with van der Waals surface area (Å²) < 4.78 is 6.70. The van der Waals surface area contributed by atoms with E-state index in [9.17, 15) is 9.90 Å². The minimum Gasteiger partial charge on any atom is -0.480 e. The molecule has 0 fully saturated rings. The second-order valence-corrected chi connectivity index (χ2v) is 5.57. The van der Waals surface area contributed by atoms with Gasteiger partial charge in [-0.25, -0.2) is 4.79 Å². The van der Waals surface area contributed by atoms with Gasteiger partial charge in [0.15, 0.2) is 7.37 Å². The van der Waals surface area contributed by atoms with E-state index < -0.39 is 12.0 Å². The van der Waals surface area contributed by atoms with Crippen LogP contribution in [-0.2, 0) is 4.79 Å². The summed E-state index contributed by atoms with van der Waals surface area (Å²) >= 11 is 0. The molecule has 2 aromatic carbocycles. The molecule has 2 rings (SSSR count). The molecule has 5 N–H and O–H groups in total. The predicted molar refractivity (Wildman–Crippen MR) is 102 cm³/mol. The quantitative estimate of drug-likeness (QED) is 0.337. The molecule has 1 atom stereocenters. The maximum Gasteiger partial charge on any atom is 0.328 e. The number of hydrogen-bond acceptors (Lipinski definition) is 3. The molecule has 0 unspecified atom stereocenters. The summed E-state index contributed by atoms with van der Waals surface area (Å²) in [5.74, 6) is -0.957. The van der Waals surface area contributed by atoms with E-state index in [2.05, 4.69) is 27.8 Å². The summed E-state index contributed by atoms with van der Waals surface area (Å²) in [5, 5.41) is 17.3. The van der Waals surface area contributed by atoms with Crippen LogP contribution in [0.5, 0.6) is 0 Å². The highest BCUT2D eigenvalue weighted by molar-refractivity contribution is 5.87. The minimum atomic E-state index is -0.970. The van der Waals surface area contributed by atoms with Gasteiger partial charge in [0.25, 0.3) is 0 Å². The van der Waals surface area contributed by atoms with E-state index in [0.29, 0.717) is 19.4 Å². The fourth-order valence-corrected chi connectivity index (χ4v) is 2.39. The summed E-state index contributed by atoms with van der Waals surface area (Å²) in [6.45, 7) is 0.445. The Morgan fingerprint density at radius 2 is 2.16 bits per heavy atom. The molecule has 0 aliphatic heterocycles. The monoisotopic (exact) mass is 338 g/mol.